The maximum Gasteiger partial charge on any atom is 0.408 e. The summed E-state index contributed by atoms with van der Waals surface area (Å²) in [6.07, 6.45) is -0.787. The van der Waals surface area contributed by atoms with E-state index in [1.165, 1.54) is 7.11 Å². The van der Waals surface area contributed by atoms with E-state index in [-0.39, 0.29) is 6.61 Å². The molecule has 0 radical (unpaired) electrons. The summed E-state index contributed by atoms with van der Waals surface area (Å²) >= 11 is 0. The second kappa shape index (κ2) is 6.79. The summed E-state index contributed by atoms with van der Waals surface area (Å²) in [5, 5.41) is 4.66. The van der Waals surface area contributed by atoms with Gasteiger partial charge in [0.1, 0.15) is 18.4 Å². The molecule has 0 spiro atoms. The lowest BCUT2D eigenvalue weighted by Crippen LogP contribution is -2.72. The van der Waals surface area contributed by atoms with E-state index in [0.29, 0.717) is 5.75 Å². The summed E-state index contributed by atoms with van der Waals surface area (Å²) in [6.45, 7) is 0.0348. The number of nitrogens with one attached hydrogen (secondary N) is 2. The van der Waals surface area contributed by atoms with E-state index in [2.05, 4.69) is 15.4 Å². The van der Waals surface area contributed by atoms with E-state index in [1.54, 1.807) is 31.4 Å². The largest absolute Gasteiger partial charge is 0.497 e. The molecule has 2 amide bonds. The molecule has 2 atom stereocenters. The fourth-order valence-electron chi connectivity index (χ4n) is 1.89. The van der Waals surface area contributed by atoms with Crippen LogP contribution in [0.15, 0.2) is 24.3 Å². The highest BCUT2D eigenvalue weighted by atomic mass is 16.5. The Morgan fingerprint density at radius 1 is 1.23 bits per heavy atom. The molecule has 8 nitrogen and oxygen atoms in total. The highest BCUT2D eigenvalue weighted by molar-refractivity contribution is 6.01. The molecule has 1 aliphatic rings. The minimum Gasteiger partial charge on any atom is -0.497 e. The Balaban J connectivity index is 1.82. The minimum absolute atomic E-state index is 0.0348. The molecule has 118 valence electrons. The molecule has 1 aliphatic heterocycles. The number of methoxy groups -OCH3 is 2. The molecule has 2 rings (SSSR count). The summed E-state index contributed by atoms with van der Waals surface area (Å²) in [4.78, 5) is 34.3. The zero-order chi connectivity index (χ0) is 16.1. The molecule has 1 aromatic carbocycles. The minimum atomic E-state index is -0.976. The third-order valence-corrected chi connectivity index (χ3v) is 3.17. The van der Waals surface area contributed by atoms with Crippen LogP contribution in [0.3, 0.4) is 0 Å². The molecule has 0 unspecified atom stereocenters. The molecule has 1 fully saturated rings. The van der Waals surface area contributed by atoms with Gasteiger partial charge in [-0.1, -0.05) is 12.1 Å². The molecule has 0 aromatic heterocycles. The van der Waals surface area contributed by atoms with Gasteiger partial charge in [0.2, 0.25) is 5.91 Å². The number of carbonyl (C=O) groups is 3. The van der Waals surface area contributed by atoms with Gasteiger partial charge in [0.05, 0.1) is 14.2 Å². The van der Waals surface area contributed by atoms with Crippen LogP contribution in [0.4, 0.5) is 4.79 Å². The van der Waals surface area contributed by atoms with Crippen molar-refractivity contribution in [2.75, 3.05) is 14.2 Å². The van der Waals surface area contributed by atoms with Crippen LogP contribution in [0.25, 0.3) is 0 Å². The van der Waals surface area contributed by atoms with Crippen molar-refractivity contribution < 1.29 is 28.6 Å². The van der Waals surface area contributed by atoms with Crippen molar-refractivity contribution in [3.8, 4) is 5.75 Å². The maximum absolute atomic E-state index is 11.7. The number of β-lactam (4-membered cyclic amide) rings is 1. The van der Waals surface area contributed by atoms with Crippen molar-refractivity contribution in [2.45, 2.75) is 18.7 Å². The smallest absolute Gasteiger partial charge is 0.408 e. The second-order valence-corrected chi connectivity index (χ2v) is 4.56. The molecule has 0 saturated carbocycles. The van der Waals surface area contributed by atoms with E-state index >= 15 is 0 Å². The lowest BCUT2D eigenvalue weighted by molar-refractivity contribution is -0.152. The van der Waals surface area contributed by atoms with Crippen molar-refractivity contribution in [1.29, 1.82) is 0 Å². The Morgan fingerprint density at radius 2 is 1.91 bits per heavy atom. The summed E-state index contributed by atoms with van der Waals surface area (Å²) in [5.74, 6) is -0.392. The van der Waals surface area contributed by atoms with Crippen LogP contribution in [0.1, 0.15) is 5.56 Å². The predicted octanol–water partition coefficient (Wildman–Crippen LogP) is -0.0386. The Morgan fingerprint density at radius 3 is 2.45 bits per heavy atom. The number of hydrogen-bond donors (Lipinski definition) is 2. The standard InChI is InChI=1S/C14H16N2O6/c1-20-9-5-3-8(4-6-9)7-22-14(19)16-10-11(13(18)21-2)15-12(10)17/h3-6,10-11H,7H2,1-2H3,(H,15,17)(H,16,19)/t10-,11-/m1/s1. The SMILES string of the molecule is COC(=O)[C@@H]1NC(=O)[C@@H]1NC(=O)OCc1ccc(OC)cc1. The van der Waals surface area contributed by atoms with Gasteiger partial charge in [-0.2, -0.15) is 0 Å². The van der Waals surface area contributed by atoms with Gasteiger partial charge in [-0.15, -0.1) is 0 Å². The number of amides is 2. The molecule has 0 bridgehead atoms. The van der Waals surface area contributed by atoms with Crippen molar-refractivity contribution in [3.63, 3.8) is 0 Å². The van der Waals surface area contributed by atoms with E-state index in [4.69, 9.17) is 9.47 Å². The molecule has 8 heteroatoms. The number of ether oxygens (including phenoxy) is 3. The van der Waals surface area contributed by atoms with Gasteiger partial charge in [0, 0.05) is 0 Å². The number of esters is 1. The zero-order valence-electron chi connectivity index (χ0n) is 12.1. The molecule has 1 heterocycles. The van der Waals surface area contributed by atoms with Gasteiger partial charge >= 0.3 is 12.1 Å². The molecule has 1 saturated heterocycles. The number of hydrogen-bond acceptors (Lipinski definition) is 6. The summed E-state index contributed by atoms with van der Waals surface area (Å²) < 4.78 is 14.5. The van der Waals surface area contributed by atoms with Crippen molar-refractivity contribution in [3.05, 3.63) is 29.8 Å². The van der Waals surface area contributed by atoms with Crippen molar-refractivity contribution in [1.82, 2.24) is 10.6 Å². The first-order valence-electron chi connectivity index (χ1n) is 6.49. The Hall–Kier alpha value is -2.77. The Labute approximate surface area is 126 Å². The van der Waals surface area contributed by atoms with Gasteiger partial charge < -0.3 is 24.8 Å². The van der Waals surface area contributed by atoms with Crippen LogP contribution in [0.2, 0.25) is 0 Å². The number of benzene rings is 1. The number of rotatable bonds is 5. The van der Waals surface area contributed by atoms with Crippen molar-refractivity contribution >= 4 is 18.0 Å². The average molecular weight is 308 g/mol. The summed E-state index contributed by atoms with van der Waals surface area (Å²) in [5.41, 5.74) is 0.763. The van der Waals surface area contributed by atoms with E-state index in [1.807, 2.05) is 0 Å². The second-order valence-electron chi connectivity index (χ2n) is 4.56. The first kappa shape index (κ1) is 15.6. The monoisotopic (exact) mass is 308 g/mol. The average Bonchev–Trinajstić information content (AvgIpc) is 2.55. The highest BCUT2D eigenvalue weighted by Gasteiger charge is 2.46. The summed E-state index contributed by atoms with van der Waals surface area (Å²) in [6, 6.07) is 5.12. The molecular formula is C14H16N2O6. The van der Waals surface area contributed by atoms with E-state index < -0.39 is 30.1 Å². The summed E-state index contributed by atoms with van der Waals surface area (Å²) in [7, 11) is 2.76. The van der Waals surface area contributed by atoms with Crippen LogP contribution in [0.5, 0.6) is 5.75 Å². The normalized spacial score (nSPS) is 19.5. The maximum atomic E-state index is 11.7. The van der Waals surface area contributed by atoms with Crippen LogP contribution in [0, 0.1) is 0 Å². The first-order chi connectivity index (χ1) is 10.5. The fourth-order valence-corrected chi connectivity index (χ4v) is 1.89. The molecular weight excluding hydrogens is 292 g/mol. The van der Waals surface area contributed by atoms with Crippen LogP contribution < -0.4 is 15.4 Å². The fraction of sp³-hybridized carbons (Fsp3) is 0.357. The lowest BCUT2D eigenvalue weighted by Gasteiger charge is -2.34. The van der Waals surface area contributed by atoms with E-state index in [0.717, 1.165) is 5.56 Å². The molecule has 2 N–H and O–H groups in total. The van der Waals surface area contributed by atoms with Gasteiger partial charge in [-0.05, 0) is 17.7 Å². The van der Waals surface area contributed by atoms with Crippen LogP contribution >= 0.6 is 0 Å². The van der Waals surface area contributed by atoms with Crippen LogP contribution in [-0.4, -0.2) is 44.3 Å². The van der Waals surface area contributed by atoms with Gasteiger partial charge in [0.15, 0.2) is 6.04 Å². The quantitative estimate of drug-likeness (QED) is 0.584. The van der Waals surface area contributed by atoms with Gasteiger partial charge in [0.25, 0.3) is 0 Å². The van der Waals surface area contributed by atoms with Crippen LogP contribution in [-0.2, 0) is 25.7 Å². The number of alkyl carbamates (subject to hydrolysis) is 1. The zero-order valence-corrected chi connectivity index (χ0v) is 12.1. The topological polar surface area (TPSA) is 103 Å². The Kier molecular flexibility index (Phi) is 4.82. The number of carbonyl (C=O) groups excluding carboxylic acids is 3. The van der Waals surface area contributed by atoms with E-state index in [9.17, 15) is 14.4 Å². The third kappa shape index (κ3) is 3.46. The highest BCUT2D eigenvalue weighted by Crippen LogP contribution is 2.12. The van der Waals surface area contributed by atoms with Gasteiger partial charge in [-0.3, -0.25) is 4.79 Å². The first-order valence-corrected chi connectivity index (χ1v) is 6.49. The molecule has 22 heavy (non-hydrogen) atoms. The Bertz CT molecular complexity index is 571. The van der Waals surface area contributed by atoms with Gasteiger partial charge in [-0.25, -0.2) is 9.59 Å². The predicted molar refractivity (Wildman–Crippen MR) is 74.0 cm³/mol. The van der Waals surface area contributed by atoms with Crippen molar-refractivity contribution in [2.24, 2.45) is 0 Å². The lowest BCUT2D eigenvalue weighted by atomic mass is 9.99. The molecule has 1 aromatic rings. The third-order valence-electron chi connectivity index (χ3n) is 3.17. The molecule has 0 aliphatic carbocycles.